The molecule has 0 saturated heterocycles. The number of pyridine rings is 2. The Morgan fingerprint density at radius 3 is 2.40 bits per heavy atom. The molecule has 0 aliphatic rings. The molecule has 122 valence electrons. The van der Waals surface area contributed by atoms with E-state index in [2.05, 4.69) is 19.9 Å². The summed E-state index contributed by atoms with van der Waals surface area (Å²) in [5, 5.41) is 0. The number of nitrogens with zero attached hydrogens (tertiary/aromatic N) is 3. The molecule has 0 unspecified atom stereocenters. The van der Waals surface area contributed by atoms with Crippen molar-refractivity contribution >= 4 is 11.2 Å². The highest BCUT2D eigenvalue weighted by atomic mass is 19.1. The van der Waals surface area contributed by atoms with Gasteiger partial charge in [0.05, 0.1) is 6.20 Å². The zero-order valence-electron chi connectivity index (χ0n) is 12.7. The molecule has 1 N–H and O–H groups in total. The van der Waals surface area contributed by atoms with Gasteiger partial charge in [-0.3, -0.25) is 9.78 Å². The molecule has 0 spiro atoms. The minimum atomic E-state index is -0.599. The second-order valence-corrected chi connectivity index (χ2v) is 5.31. The number of halogens is 2. The monoisotopic (exact) mass is 336 g/mol. The van der Waals surface area contributed by atoms with Crippen LogP contribution >= 0.6 is 0 Å². The Bertz CT molecular complexity index is 1160. The molecule has 4 rings (SSSR count). The van der Waals surface area contributed by atoms with Gasteiger partial charge in [-0.2, -0.15) is 0 Å². The zero-order chi connectivity index (χ0) is 17.4. The first-order chi connectivity index (χ1) is 12.1. The number of hydrogen-bond acceptors (Lipinski definition) is 4. The van der Waals surface area contributed by atoms with Crippen molar-refractivity contribution in [1.82, 2.24) is 19.9 Å². The summed E-state index contributed by atoms with van der Waals surface area (Å²) >= 11 is 0. The van der Waals surface area contributed by atoms with Crippen molar-refractivity contribution in [2.45, 2.75) is 0 Å². The van der Waals surface area contributed by atoms with E-state index in [-0.39, 0.29) is 33.7 Å². The van der Waals surface area contributed by atoms with Crippen LogP contribution in [0.2, 0.25) is 0 Å². The van der Waals surface area contributed by atoms with Gasteiger partial charge in [-0.15, -0.1) is 0 Å². The molecule has 0 fully saturated rings. The predicted molar refractivity (Wildman–Crippen MR) is 88.7 cm³/mol. The standard InChI is InChI=1S/C18H10F2N4O/c19-12-4-2-1-3-10(12)17-16(11-7-8-21-9-13(11)20)22-14-5-6-15(25)23-18(14)24-17/h1-9H,(H,23,24,25). The number of H-pyrrole nitrogens is 1. The van der Waals surface area contributed by atoms with Crippen molar-refractivity contribution in [1.29, 1.82) is 0 Å². The Morgan fingerprint density at radius 2 is 1.60 bits per heavy atom. The maximum Gasteiger partial charge on any atom is 0.249 e. The van der Waals surface area contributed by atoms with E-state index in [9.17, 15) is 13.6 Å². The van der Waals surface area contributed by atoms with Gasteiger partial charge in [0.15, 0.2) is 11.5 Å². The highest BCUT2D eigenvalue weighted by Gasteiger charge is 2.18. The zero-order valence-corrected chi connectivity index (χ0v) is 12.7. The van der Waals surface area contributed by atoms with E-state index in [0.717, 1.165) is 6.20 Å². The molecule has 0 saturated carbocycles. The third kappa shape index (κ3) is 2.65. The van der Waals surface area contributed by atoms with E-state index in [0.29, 0.717) is 5.52 Å². The van der Waals surface area contributed by atoms with E-state index < -0.39 is 11.6 Å². The van der Waals surface area contributed by atoms with Crippen molar-refractivity contribution < 1.29 is 8.78 Å². The molecule has 0 bridgehead atoms. The number of hydrogen-bond donors (Lipinski definition) is 1. The van der Waals surface area contributed by atoms with Crippen LogP contribution < -0.4 is 5.56 Å². The maximum absolute atomic E-state index is 14.3. The summed E-state index contributed by atoms with van der Waals surface area (Å²) in [4.78, 5) is 26.6. The number of benzene rings is 1. The molecule has 4 aromatic rings. The quantitative estimate of drug-likeness (QED) is 0.609. The largest absolute Gasteiger partial charge is 0.305 e. The summed E-state index contributed by atoms with van der Waals surface area (Å²) in [6.45, 7) is 0. The average Bonchev–Trinajstić information content (AvgIpc) is 2.62. The van der Waals surface area contributed by atoms with Crippen LogP contribution in [0.3, 0.4) is 0 Å². The van der Waals surface area contributed by atoms with Crippen molar-refractivity contribution in [3.8, 4) is 22.5 Å². The smallest absolute Gasteiger partial charge is 0.249 e. The summed E-state index contributed by atoms with van der Waals surface area (Å²) < 4.78 is 28.6. The minimum Gasteiger partial charge on any atom is -0.305 e. The van der Waals surface area contributed by atoms with E-state index in [1.54, 1.807) is 12.1 Å². The molecule has 3 heterocycles. The van der Waals surface area contributed by atoms with Crippen molar-refractivity contribution in [3.63, 3.8) is 0 Å². The molecule has 5 nitrogen and oxygen atoms in total. The summed E-state index contributed by atoms with van der Waals surface area (Å²) in [5.74, 6) is -1.12. The molecular formula is C18H10F2N4O. The Labute approximate surface area is 140 Å². The first-order valence-corrected chi connectivity index (χ1v) is 7.39. The SMILES string of the molecule is O=c1ccc2nc(-c3ccncc3F)c(-c3ccccc3F)nc2[nH]1. The lowest BCUT2D eigenvalue weighted by Crippen LogP contribution is -2.07. The highest BCUT2D eigenvalue weighted by molar-refractivity contribution is 5.84. The van der Waals surface area contributed by atoms with E-state index in [1.807, 2.05) is 0 Å². The Balaban J connectivity index is 2.11. The Morgan fingerprint density at radius 1 is 0.840 bits per heavy atom. The Kier molecular flexibility index (Phi) is 3.53. The summed E-state index contributed by atoms with van der Waals surface area (Å²) in [5.41, 5.74) is 0.822. The third-order valence-electron chi connectivity index (χ3n) is 3.71. The van der Waals surface area contributed by atoms with Gasteiger partial charge < -0.3 is 4.98 Å². The Hall–Kier alpha value is -3.48. The fourth-order valence-electron chi connectivity index (χ4n) is 2.57. The molecule has 1 aromatic carbocycles. The van der Waals surface area contributed by atoms with Gasteiger partial charge in [0, 0.05) is 23.4 Å². The molecule has 0 atom stereocenters. The van der Waals surface area contributed by atoms with E-state index in [1.165, 1.54) is 36.5 Å². The molecular weight excluding hydrogens is 326 g/mol. The number of aromatic amines is 1. The highest BCUT2D eigenvalue weighted by Crippen LogP contribution is 2.32. The van der Waals surface area contributed by atoms with Gasteiger partial charge in [0.2, 0.25) is 5.56 Å². The lowest BCUT2D eigenvalue weighted by atomic mass is 10.0. The van der Waals surface area contributed by atoms with Crippen molar-refractivity contribution in [3.05, 3.63) is 76.8 Å². The summed E-state index contributed by atoms with van der Waals surface area (Å²) in [6.07, 6.45) is 2.47. The van der Waals surface area contributed by atoms with Crippen LogP contribution in [0, 0.1) is 11.6 Å². The first kappa shape index (κ1) is 15.1. The summed E-state index contributed by atoms with van der Waals surface area (Å²) in [6, 6.07) is 10.2. The maximum atomic E-state index is 14.3. The van der Waals surface area contributed by atoms with Gasteiger partial charge in [-0.1, -0.05) is 12.1 Å². The van der Waals surface area contributed by atoms with Gasteiger partial charge in [-0.05, 0) is 24.3 Å². The molecule has 3 aromatic heterocycles. The van der Waals surface area contributed by atoms with E-state index in [4.69, 9.17) is 0 Å². The van der Waals surface area contributed by atoms with E-state index >= 15 is 0 Å². The molecule has 7 heteroatoms. The number of aromatic nitrogens is 4. The third-order valence-corrected chi connectivity index (χ3v) is 3.71. The average molecular weight is 336 g/mol. The van der Waals surface area contributed by atoms with Gasteiger partial charge >= 0.3 is 0 Å². The lowest BCUT2D eigenvalue weighted by Gasteiger charge is -2.11. The predicted octanol–water partition coefficient (Wildman–Crippen LogP) is 3.33. The fraction of sp³-hybridized carbons (Fsp3) is 0. The minimum absolute atomic E-state index is 0.137. The molecule has 0 aliphatic carbocycles. The van der Waals surface area contributed by atoms with Crippen molar-refractivity contribution in [2.24, 2.45) is 0 Å². The first-order valence-electron chi connectivity index (χ1n) is 7.39. The molecule has 0 aliphatic heterocycles. The van der Waals surface area contributed by atoms with Crippen molar-refractivity contribution in [2.75, 3.05) is 0 Å². The summed E-state index contributed by atoms with van der Waals surface area (Å²) in [7, 11) is 0. The number of fused-ring (bicyclic) bond motifs is 1. The van der Waals surface area contributed by atoms with Crippen LogP contribution in [0.4, 0.5) is 8.78 Å². The van der Waals surface area contributed by atoms with Crippen LogP contribution in [0.1, 0.15) is 0 Å². The normalized spacial score (nSPS) is 11.0. The number of rotatable bonds is 2. The van der Waals surface area contributed by atoms with Crippen LogP contribution in [0.15, 0.2) is 59.7 Å². The second kappa shape index (κ2) is 5.86. The van der Waals surface area contributed by atoms with Crippen LogP contribution in [-0.4, -0.2) is 19.9 Å². The fourth-order valence-corrected chi connectivity index (χ4v) is 2.57. The van der Waals surface area contributed by atoms with Crippen LogP contribution in [0.25, 0.3) is 33.7 Å². The molecule has 0 amide bonds. The van der Waals surface area contributed by atoms with Gasteiger partial charge in [0.1, 0.15) is 22.7 Å². The molecule has 0 radical (unpaired) electrons. The topological polar surface area (TPSA) is 71.5 Å². The molecule has 25 heavy (non-hydrogen) atoms. The van der Waals surface area contributed by atoms with Gasteiger partial charge in [-0.25, -0.2) is 18.7 Å². The van der Waals surface area contributed by atoms with Gasteiger partial charge in [0.25, 0.3) is 0 Å². The van der Waals surface area contributed by atoms with Crippen LogP contribution in [0.5, 0.6) is 0 Å². The lowest BCUT2D eigenvalue weighted by molar-refractivity contribution is 0.623. The second-order valence-electron chi connectivity index (χ2n) is 5.31. The van der Waals surface area contributed by atoms with Crippen LogP contribution in [-0.2, 0) is 0 Å². The number of nitrogens with one attached hydrogen (secondary N) is 1.